The Morgan fingerprint density at radius 1 is 1.21 bits per heavy atom. The summed E-state index contributed by atoms with van der Waals surface area (Å²) < 4.78 is 5.31. The molecule has 0 saturated carbocycles. The number of primary amides is 1. The molecule has 0 unspecified atom stereocenters. The van der Waals surface area contributed by atoms with Gasteiger partial charge in [-0.15, -0.1) is 0 Å². The van der Waals surface area contributed by atoms with Gasteiger partial charge in [-0.25, -0.2) is 0 Å². The monoisotopic (exact) mass is 323 g/mol. The van der Waals surface area contributed by atoms with Crippen LogP contribution in [0.15, 0.2) is 42.5 Å². The number of amides is 2. The van der Waals surface area contributed by atoms with Gasteiger partial charge in [0, 0.05) is 12.1 Å². The summed E-state index contributed by atoms with van der Waals surface area (Å²) in [5.41, 5.74) is 6.95. The van der Waals surface area contributed by atoms with Crippen LogP contribution in [0.1, 0.15) is 33.2 Å². The number of carbonyl (C=O) groups is 2. The van der Waals surface area contributed by atoms with Crippen molar-refractivity contribution in [1.29, 1.82) is 5.26 Å². The van der Waals surface area contributed by atoms with E-state index in [1.807, 2.05) is 13.0 Å². The van der Waals surface area contributed by atoms with E-state index >= 15 is 0 Å². The molecule has 0 aliphatic carbocycles. The first-order valence-electron chi connectivity index (χ1n) is 7.32. The maximum atomic E-state index is 12.8. The lowest BCUT2D eigenvalue weighted by Crippen LogP contribution is -2.31. The molecule has 24 heavy (non-hydrogen) atoms. The number of para-hydroxylation sites is 1. The Hall–Kier alpha value is -3.33. The number of hydrogen-bond acceptors (Lipinski definition) is 4. The van der Waals surface area contributed by atoms with Gasteiger partial charge >= 0.3 is 0 Å². The summed E-state index contributed by atoms with van der Waals surface area (Å²) in [4.78, 5) is 25.9. The Labute approximate surface area is 140 Å². The molecule has 0 saturated heterocycles. The third-order valence-corrected chi connectivity index (χ3v) is 3.58. The van der Waals surface area contributed by atoms with Gasteiger partial charge in [0.1, 0.15) is 0 Å². The van der Waals surface area contributed by atoms with Crippen molar-refractivity contribution in [3.63, 3.8) is 0 Å². The summed E-state index contributed by atoms with van der Waals surface area (Å²) in [7, 11) is 1.42. The van der Waals surface area contributed by atoms with Gasteiger partial charge in [-0.2, -0.15) is 5.26 Å². The quantitative estimate of drug-likeness (QED) is 0.913. The van der Waals surface area contributed by atoms with E-state index < -0.39 is 5.91 Å². The number of methoxy groups -OCH3 is 1. The Morgan fingerprint density at radius 2 is 1.88 bits per heavy atom. The van der Waals surface area contributed by atoms with Gasteiger partial charge in [0.2, 0.25) is 0 Å². The first-order chi connectivity index (χ1) is 11.5. The van der Waals surface area contributed by atoms with Gasteiger partial charge in [0.25, 0.3) is 11.8 Å². The molecule has 0 fully saturated rings. The summed E-state index contributed by atoms with van der Waals surface area (Å²) in [5, 5.41) is 8.85. The van der Waals surface area contributed by atoms with Crippen LogP contribution >= 0.6 is 0 Å². The zero-order chi connectivity index (χ0) is 17.7. The number of benzene rings is 2. The highest BCUT2D eigenvalue weighted by Gasteiger charge is 2.22. The molecule has 0 aliphatic heterocycles. The van der Waals surface area contributed by atoms with Crippen LogP contribution in [0, 0.1) is 11.3 Å². The minimum Gasteiger partial charge on any atom is -0.494 e. The molecule has 6 heteroatoms. The average molecular weight is 323 g/mol. The van der Waals surface area contributed by atoms with E-state index in [4.69, 9.17) is 15.7 Å². The molecule has 0 radical (unpaired) electrons. The topological polar surface area (TPSA) is 96.4 Å². The molecule has 2 aromatic rings. The van der Waals surface area contributed by atoms with E-state index in [0.717, 1.165) is 0 Å². The number of hydrogen-bond donors (Lipinski definition) is 1. The van der Waals surface area contributed by atoms with E-state index in [1.54, 1.807) is 42.5 Å². The molecule has 2 N–H and O–H groups in total. The van der Waals surface area contributed by atoms with Crippen molar-refractivity contribution in [3.8, 4) is 11.8 Å². The van der Waals surface area contributed by atoms with Crippen molar-refractivity contribution in [1.82, 2.24) is 0 Å². The van der Waals surface area contributed by atoms with Crippen molar-refractivity contribution in [2.75, 3.05) is 18.6 Å². The first-order valence-corrected chi connectivity index (χ1v) is 7.32. The zero-order valence-electron chi connectivity index (χ0n) is 13.4. The Balaban J connectivity index is 2.48. The van der Waals surface area contributed by atoms with Crippen LogP contribution in [0.3, 0.4) is 0 Å². The van der Waals surface area contributed by atoms with E-state index in [1.165, 1.54) is 12.0 Å². The minimum atomic E-state index is -0.629. The zero-order valence-corrected chi connectivity index (χ0v) is 13.4. The molecular formula is C18H17N3O3. The lowest BCUT2D eigenvalue weighted by Gasteiger charge is -2.24. The van der Waals surface area contributed by atoms with Gasteiger partial charge in [-0.3, -0.25) is 9.59 Å². The van der Waals surface area contributed by atoms with Gasteiger partial charge in [-0.05, 0) is 43.3 Å². The summed E-state index contributed by atoms with van der Waals surface area (Å²) in [5.74, 6) is -0.633. The second kappa shape index (κ2) is 7.29. The summed E-state index contributed by atoms with van der Waals surface area (Å²) in [6.45, 7) is 2.19. The van der Waals surface area contributed by atoms with Crippen molar-refractivity contribution < 1.29 is 14.3 Å². The molecule has 0 aromatic heterocycles. The van der Waals surface area contributed by atoms with E-state index in [-0.39, 0.29) is 17.2 Å². The molecule has 2 aromatic carbocycles. The normalized spacial score (nSPS) is 9.88. The molecule has 0 heterocycles. The predicted octanol–water partition coefficient (Wildman–Crippen LogP) is 2.33. The molecule has 2 amide bonds. The van der Waals surface area contributed by atoms with Gasteiger partial charge < -0.3 is 15.4 Å². The highest BCUT2D eigenvalue weighted by molar-refractivity contribution is 6.08. The third kappa shape index (κ3) is 3.20. The van der Waals surface area contributed by atoms with Crippen LogP contribution in [-0.2, 0) is 0 Å². The lowest BCUT2D eigenvalue weighted by atomic mass is 10.1. The number of nitrogens with zero attached hydrogens (tertiary/aromatic N) is 2. The summed E-state index contributed by atoms with van der Waals surface area (Å²) in [6, 6.07) is 13.2. The lowest BCUT2D eigenvalue weighted by molar-refractivity contribution is 0.0979. The predicted molar refractivity (Wildman–Crippen MR) is 90.0 cm³/mol. The second-order valence-corrected chi connectivity index (χ2v) is 4.96. The molecule has 2 rings (SSSR count). The van der Waals surface area contributed by atoms with Crippen LogP contribution in [0.5, 0.6) is 5.75 Å². The molecule has 6 nitrogen and oxygen atoms in total. The van der Waals surface area contributed by atoms with E-state index in [0.29, 0.717) is 23.4 Å². The Kier molecular flexibility index (Phi) is 5.17. The summed E-state index contributed by atoms with van der Waals surface area (Å²) in [6.07, 6.45) is 0. The fraction of sp³-hybridized carbons (Fsp3) is 0.167. The standard InChI is InChI=1S/C18H17N3O3/c1-3-21(18(23)13-9-7-12(11-19)8-10-13)15-6-4-5-14(17(20)22)16(15)24-2/h4-10H,3H2,1-2H3,(H2,20,22). The van der Waals surface area contributed by atoms with Crippen molar-refractivity contribution in [2.24, 2.45) is 5.73 Å². The maximum absolute atomic E-state index is 12.8. The van der Waals surface area contributed by atoms with E-state index in [2.05, 4.69) is 0 Å². The molecule has 0 atom stereocenters. The molecule has 122 valence electrons. The number of anilines is 1. The van der Waals surface area contributed by atoms with Crippen LogP contribution < -0.4 is 15.4 Å². The first kappa shape index (κ1) is 17.0. The molecule has 0 bridgehead atoms. The summed E-state index contributed by atoms with van der Waals surface area (Å²) >= 11 is 0. The smallest absolute Gasteiger partial charge is 0.258 e. The molecule has 0 spiro atoms. The highest BCUT2D eigenvalue weighted by Crippen LogP contribution is 2.32. The van der Waals surface area contributed by atoms with E-state index in [9.17, 15) is 9.59 Å². The Morgan fingerprint density at radius 3 is 2.38 bits per heavy atom. The fourth-order valence-electron chi connectivity index (χ4n) is 2.41. The van der Waals surface area contributed by atoms with Gasteiger partial charge in [0.15, 0.2) is 5.75 Å². The molecule has 0 aliphatic rings. The van der Waals surface area contributed by atoms with Crippen LogP contribution in [0.4, 0.5) is 5.69 Å². The largest absolute Gasteiger partial charge is 0.494 e. The number of rotatable bonds is 5. The molecular weight excluding hydrogens is 306 g/mol. The number of ether oxygens (including phenoxy) is 1. The fourth-order valence-corrected chi connectivity index (χ4v) is 2.41. The number of carbonyl (C=O) groups excluding carboxylic acids is 2. The van der Waals surface area contributed by atoms with Gasteiger partial charge in [0.05, 0.1) is 30.0 Å². The van der Waals surface area contributed by atoms with Crippen LogP contribution in [-0.4, -0.2) is 25.5 Å². The number of nitrogens with two attached hydrogens (primary N) is 1. The second-order valence-electron chi connectivity index (χ2n) is 4.96. The maximum Gasteiger partial charge on any atom is 0.258 e. The van der Waals surface area contributed by atoms with Crippen molar-refractivity contribution in [3.05, 3.63) is 59.2 Å². The Bertz CT molecular complexity index is 807. The SMILES string of the molecule is CCN(C(=O)c1ccc(C#N)cc1)c1cccc(C(N)=O)c1OC. The number of nitriles is 1. The van der Waals surface area contributed by atoms with Crippen LogP contribution in [0.2, 0.25) is 0 Å². The third-order valence-electron chi connectivity index (χ3n) is 3.58. The van der Waals surface area contributed by atoms with Crippen LogP contribution in [0.25, 0.3) is 0 Å². The highest BCUT2D eigenvalue weighted by atomic mass is 16.5. The van der Waals surface area contributed by atoms with Gasteiger partial charge in [-0.1, -0.05) is 6.07 Å². The van der Waals surface area contributed by atoms with Crippen molar-refractivity contribution in [2.45, 2.75) is 6.92 Å². The average Bonchev–Trinajstić information content (AvgIpc) is 2.61. The van der Waals surface area contributed by atoms with Crippen molar-refractivity contribution >= 4 is 17.5 Å². The minimum absolute atomic E-state index is 0.209.